The standard InChI is InChI=1S/C23H29N3O4S/c1-17-5-4-6-20(15-17)24-22(27)9-10-23(28)25-11-13-26(14-12-25)31(29,30)21-16-18(2)7-8-19(21)3/h4-8,15-16H,9-14H2,1-3H3,(H,24,27). The smallest absolute Gasteiger partial charge is 0.243 e. The van der Waals surface area contributed by atoms with Gasteiger partial charge in [-0.05, 0) is 55.7 Å². The van der Waals surface area contributed by atoms with Crippen LogP contribution < -0.4 is 5.32 Å². The number of nitrogens with one attached hydrogen (secondary N) is 1. The summed E-state index contributed by atoms with van der Waals surface area (Å²) in [5.74, 6) is -0.349. The quantitative estimate of drug-likeness (QED) is 0.744. The second-order valence-corrected chi connectivity index (χ2v) is 9.88. The Morgan fingerprint density at radius 2 is 1.58 bits per heavy atom. The van der Waals surface area contributed by atoms with E-state index in [0.717, 1.165) is 11.1 Å². The Balaban J connectivity index is 1.51. The predicted molar refractivity (Wildman–Crippen MR) is 120 cm³/mol. The highest BCUT2D eigenvalue weighted by Gasteiger charge is 2.31. The van der Waals surface area contributed by atoms with Gasteiger partial charge in [-0.3, -0.25) is 9.59 Å². The summed E-state index contributed by atoms with van der Waals surface area (Å²) < 4.78 is 27.5. The molecule has 1 aliphatic heterocycles. The largest absolute Gasteiger partial charge is 0.340 e. The second-order valence-electron chi connectivity index (χ2n) is 7.97. The molecule has 0 saturated carbocycles. The minimum Gasteiger partial charge on any atom is -0.340 e. The van der Waals surface area contributed by atoms with E-state index in [-0.39, 0.29) is 37.7 Å². The van der Waals surface area contributed by atoms with E-state index < -0.39 is 10.0 Å². The van der Waals surface area contributed by atoms with Crippen LogP contribution in [-0.2, 0) is 19.6 Å². The Morgan fingerprint density at radius 1 is 0.903 bits per heavy atom. The SMILES string of the molecule is Cc1cccc(NC(=O)CCC(=O)N2CCN(S(=O)(=O)c3cc(C)ccc3C)CC2)c1. The maximum atomic E-state index is 13.0. The molecule has 8 heteroatoms. The summed E-state index contributed by atoms with van der Waals surface area (Å²) in [6.07, 6.45) is 0.190. The highest BCUT2D eigenvalue weighted by Crippen LogP contribution is 2.22. The van der Waals surface area contributed by atoms with E-state index in [9.17, 15) is 18.0 Å². The molecule has 1 N–H and O–H groups in total. The Morgan fingerprint density at radius 3 is 2.26 bits per heavy atom. The van der Waals surface area contributed by atoms with Gasteiger partial charge >= 0.3 is 0 Å². The Bertz CT molecular complexity index is 1070. The predicted octanol–water partition coefficient (Wildman–Crippen LogP) is 2.86. The van der Waals surface area contributed by atoms with Gasteiger partial charge in [0.1, 0.15) is 0 Å². The lowest BCUT2D eigenvalue weighted by atomic mass is 10.2. The fraction of sp³-hybridized carbons (Fsp3) is 0.391. The fourth-order valence-electron chi connectivity index (χ4n) is 3.63. The molecule has 3 rings (SSSR count). The molecule has 1 heterocycles. The first-order chi connectivity index (χ1) is 14.7. The zero-order valence-electron chi connectivity index (χ0n) is 18.2. The molecular formula is C23H29N3O4S. The molecule has 1 fully saturated rings. The molecule has 2 aromatic carbocycles. The molecule has 0 aliphatic carbocycles. The van der Waals surface area contributed by atoms with Crippen molar-refractivity contribution in [2.45, 2.75) is 38.5 Å². The first-order valence-electron chi connectivity index (χ1n) is 10.4. The summed E-state index contributed by atoms with van der Waals surface area (Å²) >= 11 is 0. The van der Waals surface area contributed by atoms with E-state index in [2.05, 4.69) is 5.32 Å². The van der Waals surface area contributed by atoms with Crippen molar-refractivity contribution in [2.24, 2.45) is 0 Å². The van der Waals surface area contributed by atoms with Crippen molar-refractivity contribution in [2.75, 3.05) is 31.5 Å². The molecule has 0 aromatic heterocycles. The molecule has 0 radical (unpaired) electrons. The number of aryl methyl sites for hydroxylation is 3. The Hall–Kier alpha value is -2.71. The van der Waals surface area contributed by atoms with Crippen LogP contribution in [0, 0.1) is 20.8 Å². The summed E-state index contributed by atoms with van der Waals surface area (Å²) in [6, 6.07) is 12.9. The van der Waals surface area contributed by atoms with Crippen molar-refractivity contribution in [3.05, 3.63) is 59.2 Å². The summed E-state index contributed by atoms with van der Waals surface area (Å²) in [6.45, 7) is 6.73. The Kier molecular flexibility index (Phi) is 7.12. The lowest BCUT2D eigenvalue weighted by Crippen LogP contribution is -2.50. The van der Waals surface area contributed by atoms with Crippen LogP contribution >= 0.6 is 0 Å². The topological polar surface area (TPSA) is 86.8 Å². The van der Waals surface area contributed by atoms with Crippen molar-refractivity contribution in [3.8, 4) is 0 Å². The van der Waals surface area contributed by atoms with Crippen molar-refractivity contribution in [1.82, 2.24) is 9.21 Å². The van der Waals surface area contributed by atoms with Gasteiger partial charge in [0.15, 0.2) is 0 Å². The number of anilines is 1. The molecule has 2 aromatic rings. The van der Waals surface area contributed by atoms with Crippen LogP contribution in [0.5, 0.6) is 0 Å². The lowest BCUT2D eigenvalue weighted by Gasteiger charge is -2.34. The lowest BCUT2D eigenvalue weighted by molar-refractivity contribution is -0.133. The van der Waals surface area contributed by atoms with E-state index >= 15 is 0 Å². The molecule has 31 heavy (non-hydrogen) atoms. The van der Waals surface area contributed by atoms with Gasteiger partial charge in [0, 0.05) is 44.7 Å². The number of benzene rings is 2. The van der Waals surface area contributed by atoms with E-state index in [1.54, 1.807) is 17.9 Å². The van der Waals surface area contributed by atoms with Gasteiger partial charge in [0.2, 0.25) is 21.8 Å². The summed E-state index contributed by atoms with van der Waals surface area (Å²) in [5, 5.41) is 2.80. The molecule has 0 atom stereocenters. The molecule has 7 nitrogen and oxygen atoms in total. The van der Waals surface area contributed by atoms with Gasteiger partial charge in [0.25, 0.3) is 0 Å². The van der Waals surface area contributed by atoms with Gasteiger partial charge in [-0.2, -0.15) is 4.31 Å². The number of amides is 2. The van der Waals surface area contributed by atoms with Crippen molar-refractivity contribution < 1.29 is 18.0 Å². The minimum absolute atomic E-state index is 0.0910. The van der Waals surface area contributed by atoms with Crippen LogP contribution in [-0.4, -0.2) is 55.6 Å². The number of hydrogen-bond acceptors (Lipinski definition) is 4. The molecule has 0 spiro atoms. The number of rotatable bonds is 6. The molecule has 166 valence electrons. The zero-order valence-corrected chi connectivity index (χ0v) is 19.0. The van der Waals surface area contributed by atoms with Gasteiger partial charge in [-0.25, -0.2) is 8.42 Å². The van der Waals surface area contributed by atoms with Crippen LogP contribution in [0.25, 0.3) is 0 Å². The number of piperazine rings is 1. The molecule has 0 bridgehead atoms. The number of carbonyl (C=O) groups is 2. The molecule has 0 unspecified atom stereocenters. The minimum atomic E-state index is -3.60. The third-order valence-corrected chi connectivity index (χ3v) is 7.46. The van der Waals surface area contributed by atoms with Crippen LogP contribution in [0.4, 0.5) is 5.69 Å². The van der Waals surface area contributed by atoms with Gasteiger partial charge < -0.3 is 10.2 Å². The third kappa shape index (κ3) is 5.71. The Labute approximate surface area is 184 Å². The maximum absolute atomic E-state index is 13.0. The van der Waals surface area contributed by atoms with E-state index in [1.807, 2.05) is 50.2 Å². The van der Waals surface area contributed by atoms with Crippen LogP contribution in [0.3, 0.4) is 0 Å². The van der Waals surface area contributed by atoms with E-state index in [4.69, 9.17) is 0 Å². The highest BCUT2D eigenvalue weighted by molar-refractivity contribution is 7.89. The zero-order chi connectivity index (χ0) is 22.6. The number of sulfonamides is 1. The van der Waals surface area contributed by atoms with Crippen LogP contribution in [0.2, 0.25) is 0 Å². The summed E-state index contributed by atoms with van der Waals surface area (Å²) in [7, 11) is -3.60. The molecular weight excluding hydrogens is 414 g/mol. The summed E-state index contributed by atoms with van der Waals surface area (Å²) in [4.78, 5) is 26.6. The van der Waals surface area contributed by atoms with Gasteiger partial charge in [-0.1, -0.05) is 24.3 Å². The average Bonchev–Trinajstić information content (AvgIpc) is 2.73. The van der Waals surface area contributed by atoms with Crippen LogP contribution in [0.1, 0.15) is 29.5 Å². The van der Waals surface area contributed by atoms with E-state index in [1.165, 1.54) is 4.31 Å². The maximum Gasteiger partial charge on any atom is 0.243 e. The average molecular weight is 444 g/mol. The molecule has 1 aliphatic rings. The molecule has 1 saturated heterocycles. The van der Waals surface area contributed by atoms with Gasteiger partial charge in [-0.15, -0.1) is 0 Å². The van der Waals surface area contributed by atoms with Crippen molar-refractivity contribution >= 4 is 27.5 Å². The van der Waals surface area contributed by atoms with Crippen molar-refractivity contribution in [3.63, 3.8) is 0 Å². The van der Waals surface area contributed by atoms with E-state index in [0.29, 0.717) is 29.2 Å². The second kappa shape index (κ2) is 9.62. The van der Waals surface area contributed by atoms with Crippen LogP contribution in [0.15, 0.2) is 47.4 Å². The first kappa shape index (κ1) is 23.0. The third-order valence-electron chi connectivity index (χ3n) is 5.42. The summed E-state index contributed by atoms with van der Waals surface area (Å²) in [5.41, 5.74) is 3.36. The normalized spacial score (nSPS) is 15.0. The highest BCUT2D eigenvalue weighted by atomic mass is 32.2. The van der Waals surface area contributed by atoms with Gasteiger partial charge in [0.05, 0.1) is 4.90 Å². The molecule has 2 amide bonds. The number of nitrogens with zero attached hydrogens (tertiary/aromatic N) is 2. The number of carbonyl (C=O) groups excluding carboxylic acids is 2. The van der Waals surface area contributed by atoms with Crippen molar-refractivity contribution in [1.29, 1.82) is 0 Å². The fourth-order valence-corrected chi connectivity index (χ4v) is 5.36. The first-order valence-corrected chi connectivity index (χ1v) is 11.8. The number of hydrogen-bond donors (Lipinski definition) is 1. The monoisotopic (exact) mass is 443 g/mol.